The molecule has 4 heteroatoms. The van der Waals surface area contributed by atoms with Crippen LogP contribution in [0.15, 0.2) is 48.1 Å². The summed E-state index contributed by atoms with van der Waals surface area (Å²) < 4.78 is 0. The van der Waals surface area contributed by atoms with Gasteiger partial charge in [-0.05, 0) is 68.9 Å². The Labute approximate surface area is 180 Å². The maximum Gasteiger partial charge on any atom is 0.335 e. The van der Waals surface area contributed by atoms with Crippen molar-refractivity contribution in [3.8, 4) is 0 Å². The van der Waals surface area contributed by atoms with Crippen LogP contribution in [0, 0.1) is 17.8 Å². The molecule has 30 heavy (non-hydrogen) atoms. The Kier molecular flexibility index (Phi) is 7.54. The topological polar surface area (TPSA) is 77.8 Å². The van der Waals surface area contributed by atoms with Crippen LogP contribution >= 0.6 is 0 Å². The first-order valence-electron chi connectivity index (χ1n) is 11.4. The molecule has 4 nitrogen and oxygen atoms in total. The second-order valence-electron chi connectivity index (χ2n) is 9.43. The molecular formula is C26H36O4. The van der Waals surface area contributed by atoms with E-state index in [1.165, 1.54) is 5.57 Å². The second-order valence-corrected chi connectivity index (χ2v) is 9.43. The normalized spacial score (nSPS) is 27.8. The number of carbonyl (C=O) groups is 1. The fraction of sp³-hybridized carbons (Fsp3) is 0.577. The molecule has 2 aliphatic rings. The summed E-state index contributed by atoms with van der Waals surface area (Å²) in [6.45, 7) is 4.02. The number of carboxylic acid groups (broad SMARTS) is 1. The van der Waals surface area contributed by atoms with Crippen molar-refractivity contribution in [1.29, 1.82) is 0 Å². The molecule has 5 atom stereocenters. The van der Waals surface area contributed by atoms with E-state index in [2.05, 4.69) is 25.2 Å². The molecular weight excluding hydrogens is 376 g/mol. The predicted octanol–water partition coefficient (Wildman–Crippen LogP) is 5.15. The van der Waals surface area contributed by atoms with Crippen LogP contribution in [-0.4, -0.2) is 33.0 Å². The van der Waals surface area contributed by atoms with E-state index >= 15 is 0 Å². The van der Waals surface area contributed by atoms with E-state index in [-0.39, 0.29) is 12.0 Å². The van der Waals surface area contributed by atoms with Crippen LogP contribution in [0.4, 0.5) is 0 Å². The van der Waals surface area contributed by atoms with Crippen LogP contribution in [0.2, 0.25) is 0 Å². The minimum Gasteiger partial charge on any atom is -0.478 e. The molecule has 0 aliphatic heterocycles. The smallest absolute Gasteiger partial charge is 0.335 e. The summed E-state index contributed by atoms with van der Waals surface area (Å²) in [6.07, 6.45) is 13.1. The zero-order valence-electron chi connectivity index (χ0n) is 18.3. The number of aryl methyl sites for hydroxylation is 1. The summed E-state index contributed by atoms with van der Waals surface area (Å²) in [5.41, 5.74) is 1.98. The van der Waals surface area contributed by atoms with Gasteiger partial charge in [0.05, 0.1) is 17.3 Å². The van der Waals surface area contributed by atoms with Gasteiger partial charge in [0.1, 0.15) is 0 Å². The van der Waals surface area contributed by atoms with Crippen LogP contribution in [0.5, 0.6) is 0 Å². The van der Waals surface area contributed by atoms with Crippen LogP contribution < -0.4 is 0 Å². The number of hydrogen-bond donors (Lipinski definition) is 3. The van der Waals surface area contributed by atoms with Gasteiger partial charge in [-0.25, -0.2) is 4.79 Å². The monoisotopic (exact) mass is 412 g/mol. The first-order chi connectivity index (χ1) is 14.3. The number of aliphatic hydroxyl groups is 2. The summed E-state index contributed by atoms with van der Waals surface area (Å²) in [6, 6.07) is 7.23. The number of benzene rings is 1. The second kappa shape index (κ2) is 9.93. The third kappa shape index (κ3) is 5.61. The lowest BCUT2D eigenvalue weighted by Gasteiger charge is -2.22. The molecule has 0 aromatic heterocycles. The van der Waals surface area contributed by atoms with Gasteiger partial charge in [-0.2, -0.15) is 0 Å². The molecule has 164 valence electrons. The molecule has 0 radical (unpaired) electrons. The number of fused-ring (bicyclic) bond motifs is 1. The van der Waals surface area contributed by atoms with E-state index in [0.29, 0.717) is 23.8 Å². The van der Waals surface area contributed by atoms with Gasteiger partial charge in [-0.3, -0.25) is 0 Å². The van der Waals surface area contributed by atoms with E-state index in [0.717, 1.165) is 50.5 Å². The minimum atomic E-state index is -0.869. The lowest BCUT2D eigenvalue weighted by atomic mass is 9.87. The molecule has 1 aromatic carbocycles. The van der Waals surface area contributed by atoms with Gasteiger partial charge < -0.3 is 15.3 Å². The zero-order valence-corrected chi connectivity index (χ0v) is 18.3. The highest BCUT2D eigenvalue weighted by molar-refractivity contribution is 5.89. The van der Waals surface area contributed by atoms with Gasteiger partial charge in [-0.15, -0.1) is 0 Å². The van der Waals surface area contributed by atoms with Crippen molar-refractivity contribution in [2.24, 2.45) is 17.8 Å². The number of aromatic carboxylic acids is 1. The molecule has 1 fully saturated rings. The molecule has 0 spiro atoms. The summed E-state index contributed by atoms with van der Waals surface area (Å²) in [4.78, 5) is 11.4. The predicted molar refractivity (Wildman–Crippen MR) is 119 cm³/mol. The lowest BCUT2D eigenvalue weighted by Crippen LogP contribution is -2.23. The summed E-state index contributed by atoms with van der Waals surface area (Å²) in [7, 11) is 0. The van der Waals surface area contributed by atoms with Gasteiger partial charge in [0.25, 0.3) is 0 Å². The number of rotatable bonds is 10. The van der Waals surface area contributed by atoms with Crippen molar-refractivity contribution in [2.75, 3.05) is 0 Å². The standard InChI is InChI=1S/C26H36O4/c1-3-4-13-26(2,30)14-7-10-22-23-16-18(15-20(23)17-24(22)27)11-12-19-8-5-6-9-21(19)25(28)29/h5-10,15,20,22-24,27,30H,3-4,11-14,16-17H2,1-2H3,(H,28,29)/t20-,22-,23+,24+,26-/m0/s1. The molecule has 3 rings (SSSR count). The van der Waals surface area contributed by atoms with E-state index in [9.17, 15) is 20.1 Å². The molecule has 0 heterocycles. The number of aliphatic hydroxyl groups excluding tert-OH is 1. The molecule has 2 aliphatic carbocycles. The fourth-order valence-corrected chi connectivity index (χ4v) is 5.17. The van der Waals surface area contributed by atoms with E-state index in [4.69, 9.17) is 0 Å². The Morgan fingerprint density at radius 2 is 2.03 bits per heavy atom. The lowest BCUT2D eigenvalue weighted by molar-refractivity contribution is 0.0513. The van der Waals surface area contributed by atoms with Crippen molar-refractivity contribution in [2.45, 2.75) is 76.9 Å². The first-order valence-corrected chi connectivity index (χ1v) is 11.4. The quantitative estimate of drug-likeness (QED) is 0.465. The summed E-state index contributed by atoms with van der Waals surface area (Å²) in [5, 5.41) is 30.4. The Balaban J connectivity index is 1.56. The summed E-state index contributed by atoms with van der Waals surface area (Å²) >= 11 is 0. The van der Waals surface area contributed by atoms with Crippen LogP contribution in [0.25, 0.3) is 0 Å². The third-order valence-corrected chi connectivity index (χ3v) is 6.90. The van der Waals surface area contributed by atoms with Crippen LogP contribution in [-0.2, 0) is 6.42 Å². The SMILES string of the molecule is CCCC[C@](C)(O)CC=C[C@H]1[C@@H]2CC(CCc3ccccc3C(=O)O)=C[C@H]2C[C@H]1O. The Morgan fingerprint density at radius 1 is 1.27 bits per heavy atom. The molecule has 1 saturated carbocycles. The van der Waals surface area contributed by atoms with Gasteiger partial charge in [0.2, 0.25) is 0 Å². The van der Waals surface area contributed by atoms with Crippen molar-refractivity contribution in [3.05, 3.63) is 59.2 Å². The Bertz CT molecular complexity index is 792. The van der Waals surface area contributed by atoms with Crippen molar-refractivity contribution in [3.63, 3.8) is 0 Å². The van der Waals surface area contributed by atoms with E-state index in [1.807, 2.05) is 19.1 Å². The highest BCUT2D eigenvalue weighted by Gasteiger charge is 2.43. The molecule has 0 saturated heterocycles. The van der Waals surface area contributed by atoms with Gasteiger partial charge in [0.15, 0.2) is 0 Å². The average molecular weight is 413 g/mol. The van der Waals surface area contributed by atoms with Gasteiger partial charge in [-0.1, -0.05) is 61.8 Å². The van der Waals surface area contributed by atoms with Crippen molar-refractivity contribution >= 4 is 5.97 Å². The Hall–Kier alpha value is -1.91. The third-order valence-electron chi connectivity index (χ3n) is 6.90. The highest BCUT2D eigenvalue weighted by Crippen LogP contribution is 2.48. The van der Waals surface area contributed by atoms with Crippen LogP contribution in [0.3, 0.4) is 0 Å². The number of hydrogen-bond acceptors (Lipinski definition) is 3. The maximum atomic E-state index is 11.4. The van der Waals surface area contributed by atoms with E-state index < -0.39 is 11.6 Å². The minimum absolute atomic E-state index is 0.136. The molecule has 0 amide bonds. The first kappa shape index (κ1) is 22.8. The largest absolute Gasteiger partial charge is 0.478 e. The number of unbranched alkanes of at least 4 members (excludes halogenated alkanes) is 1. The molecule has 1 aromatic rings. The molecule has 0 unspecified atom stereocenters. The average Bonchev–Trinajstić information content (AvgIpc) is 3.22. The Morgan fingerprint density at radius 3 is 2.77 bits per heavy atom. The number of carboxylic acids is 1. The highest BCUT2D eigenvalue weighted by atomic mass is 16.4. The van der Waals surface area contributed by atoms with Gasteiger partial charge >= 0.3 is 5.97 Å². The zero-order chi connectivity index (χ0) is 21.7. The number of allylic oxidation sites excluding steroid dienone is 2. The fourth-order valence-electron chi connectivity index (χ4n) is 5.17. The van der Waals surface area contributed by atoms with Gasteiger partial charge in [0, 0.05) is 5.92 Å². The van der Waals surface area contributed by atoms with Crippen LogP contribution in [0.1, 0.15) is 74.7 Å². The molecule has 0 bridgehead atoms. The maximum absolute atomic E-state index is 11.4. The van der Waals surface area contributed by atoms with Crippen molar-refractivity contribution in [1.82, 2.24) is 0 Å². The van der Waals surface area contributed by atoms with E-state index in [1.54, 1.807) is 12.1 Å². The van der Waals surface area contributed by atoms with Crippen molar-refractivity contribution < 1.29 is 20.1 Å². The summed E-state index contributed by atoms with van der Waals surface area (Å²) in [5.74, 6) is 0.0876. The molecule has 3 N–H and O–H groups in total.